The number of aryl methyl sites for hydroxylation is 1. The van der Waals surface area contributed by atoms with Gasteiger partial charge in [0, 0.05) is 35.8 Å². The summed E-state index contributed by atoms with van der Waals surface area (Å²) in [6.07, 6.45) is 2.89. The molecular weight excluding hydrogens is 542 g/mol. The van der Waals surface area contributed by atoms with Gasteiger partial charge in [-0.05, 0) is 61.0 Å². The van der Waals surface area contributed by atoms with Gasteiger partial charge in [-0.3, -0.25) is 0 Å². The Morgan fingerprint density at radius 3 is 2.53 bits per heavy atom. The van der Waals surface area contributed by atoms with Crippen LogP contribution in [0.15, 0.2) is 64.4 Å². The number of aromatic nitrogens is 4. The lowest BCUT2D eigenvalue weighted by molar-refractivity contribution is 0.405. The number of anilines is 2. The molecule has 5 rings (SSSR count). The van der Waals surface area contributed by atoms with Gasteiger partial charge in [0.05, 0.1) is 22.5 Å². The van der Waals surface area contributed by atoms with Crippen molar-refractivity contribution in [3.63, 3.8) is 0 Å². The second-order valence-corrected chi connectivity index (χ2v) is 11.9. The zero-order valence-electron chi connectivity index (χ0n) is 20.3. The highest BCUT2D eigenvalue weighted by Gasteiger charge is 2.24. The monoisotopic (exact) mass is 569 g/mol. The van der Waals surface area contributed by atoms with E-state index < -0.39 is 10.0 Å². The Kier molecular flexibility index (Phi) is 6.71. The maximum atomic E-state index is 13.3. The van der Waals surface area contributed by atoms with Gasteiger partial charge in [-0.1, -0.05) is 23.8 Å². The van der Waals surface area contributed by atoms with E-state index in [1.165, 1.54) is 16.5 Å². The molecule has 1 aliphatic heterocycles. The number of hydrogen-bond acceptors (Lipinski definition) is 8. The highest BCUT2D eigenvalue weighted by Crippen LogP contribution is 2.32. The minimum absolute atomic E-state index is 0.197. The fourth-order valence-corrected chi connectivity index (χ4v) is 6.59. The summed E-state index contributed by atoms with van der Waals surface area (Å²) in [4.78, 5) is 16.0. The van der Waals surface area contributed by atoms with Crippen molar-refractivity contribution in [3.8, 4) is 0 Å². The van der Waals surface area contributed by atoms with Crippen LogP contribution in [0.25, 0.3) is 11.0 Å². The zero-order chi connectivity index (χ0) is 25.4. The van der Waals surface area contributed by atoms with Gasteiger partial charge in [0.2, 0.25) is 0 Å². The van der Waals surface area contributed by atoms with Crippen molar-refractivity contribution >= 4 is 48.6 Å². The maximum absolute atomic E-state index is 13.3. The number of pyridine rings is 1. The molecule has 11 heteroatoms. The van der Waals surface area contributed by atoms with Gasteiger partial charge in [0.15, 0.2) is 5.65 Å². The molecule has 4 heterocycles. The van der Waals surface area contributed by atoms with Gasteiger partial charge in [-0.25, -0.2) is 27.3 Å². The lowest BCUT2D eigenvalue weighted by Crippen LogP contribution is -2.54. The molecule has 188 valence electrons. The summed E-state index contributed by atoms with van der Waals surface area (Å²) >= 11 is 3.51. The number of halogens is 1. The number of benzene rings is 1. The number of rotatable bonds is 6. The van der Waals surface area contributed by atoms with Crippen molar-refractivity contribution in [2.45, 2.75) is 44.3 Å². The SMILES string of the molecule is Cc1ccc(S(=O)(=O)n2cc(Br)c3c(NCc4cccc(N5C[C@@H](C)N[C@@H](C)C5)n4)ncnc32)cc1. The van der Waals surface area contributed by atoms with E-state index in [9.17, 15) is 8.42 Å². The first kappa shape index (κ1) is 24.7. The Morgan fingerprint density at radius 1 is 1.08 bits per heavy atom. The van der Waals surface area contributed by atoms with Gasteiger partial charge in [-0.15, -0.1) is 0 Å². The van der Waals surface area contributed by atoms with Crippen LogP contribution >= 0.6 is 15.9 Å². The van der Waals surface area contributed by atoms with Crippen LogP contribution in [0, 0.1) is 6.92 Å². The van der Waals surface area contributed by atoms with Crippen molar-refractivity contribution in [2.75, 3.05) is 23.3 Å². The third kappa shape index (κ3) is 4.82. The van der Waals surface area contributed by atoms with Crippen molar-refractivity contribution < 1.29 is 8.42 Å². The smallest absolute Gasteiger partial charge is 0.269 e. The van der Waals surface area contributed by atoms with Crippen molar-refractivity contribution in [3.05, 3.63) is 70.7 Å². The average Bonchev–Trinajstić information content (AvgIpc) is 3.20. The number of fused-ring (bicyclic) bond motifs is 1. The Balaban J connectivity index is 1.42. The van der Waals surface area contributed by atoms with Crippen LogP contribution in [-0.4, -0.2) is 52.5 Å². The van der Waals surface area contributed by atoms with Crippen LogP contribution in [0.1, 0.15) is 25.1 Å². The van der Waals surface area contributed by atoms with E-state index >= 15 is 0 Å². The van der Waals surface area contributed by atoms with E-state index in [1.54, 1.807) is 24.3 Å². The highest BCUT2D eigenvalue weighted by molar-refractivity contribution is 9.10. The largest absolute Gasteiger partial charge is 0.364 e. The first-order chi connectivity index (χ1) is 17.2. The van der Waals surface area contributed by atoms with Gasteiger partial charge in [0.1, 0.15) is 18.0 Å². The molecule has 3 aromatic heterocycles. The molecule has 1 saturated heterocycles. The molecule has 1 fully saturated rings. The second-order valence-electron chi connectivity index (χ2n) is 9.23. The van der Waals surface area contributed by atoms with Crippen LogP contribution in [0.2, 0.25) is 0 Å². The van der Waals surface area contributed by atoms with Gasteiger partial charge in [0.25, 0.3) is 10.0 Å². The third-order valence-corrected chi connectivity index (χ3v) is 8.46. The first-order valence-corrected chi connectivity index (χ1v) is 14.0. The molecule has 0 bridgehead atoms. The summed E-state index contributed by atoms with van der Waals surface area (Å²) in [5.41, 5.74) is 2.14. The van der Waals surface area contributed by atoms with Crippen LogP contribution in [-0.2, 0) is 16.6 Å². The lowest BCUT2D eigenvalue weighted by Gasteiger charge is -2.37. The predicted molar refractivity (Wildman–Crippen MR) is 145 cm³/mol. The van der Waals surface area contributed by atoms with Crippen molar-refractivity contribution in [2.24, 2.45) is 0 Å². The summed E-state index contributed by atoms with van der Waals surface area (Å²) < 4.78 is 28.5. The lowest BCUT2D eigenvalue weighted by atomic mass is 10.1. The normalized spacial score (nSPS) is 18.5. The van der Waals surface area contributed by atoms with Crippen LogP contribution < -0.4 is 15.5 Å². The Hall–Kier alpha value is -3.02. The highest BCUT2D eigenvalue weighted by atomic mass is 79.9. The molecular formula is C25H28BrN7O2S. The molecule has 2 N–H and O–H groups in total. The number of piperazine rings is 1. The van der Waals surface area contributed by atoms with Crippen LogP contribution in [0.3, 0.4) is 0 Å². The Labute approximate surface area is 219 Å². The van der Waals surface area contributed by atoms with E-state index in [-0.39, 0.29) is 4.90 Å². The average molecular weight is 571 g/mol. The summed E-state index contributed by atoms with van der Waals surface area (Å²) in [5.74, 6) is 1.47. The quantitative estimate of drug-likeness (QED) is 0.360. The van der Waals surface area contributed by atoms with Crippen LogP contribution in [0.4, 0.5) is 11.6 Å². The Bertz CT molecular complexity index is 1490. The number of hydrogen-bond donors (Lipinski definition) is 2. The van der Waals surface area contributed by atoms with E-state index in [4.69, 9.17) is 4.98 Å². The molecule has 0 saturated carbocycles. The standard InChI is InChI=1S/C25H28BrN7O2S/c1-16-7-9-20(10-8-16)36(34,35)33-14-21(26)23-24(28-15-29-25(23)33)27-11-19-5-4-6-22(31-19)32-12-17(2)30-18(3)13-32/h4-10,14-15,17-18,30H,11-13H2,1-3H3,(H,27,28,29)/t17-,18+. The van der Waals surface area contributed by atoms with Crippen molar-refractivity contribution in [1.29, 1.82) is 0 Å². The Morgan fingerprint density at radius 2 is 1.81 bits per heavy atom. The van der Waals surface area contributed by atoms with Gasteiger partial charge >= 0.3 is 0 Å². The zero-order valence-corrected chi connectivity index (χ0v) is 22.7. The van der Waals surface area contributed by atoms with E-state index in [2.05, 4.69) is 55.3 Å². The summed E-state index contributed by atoms with van der Waals surface area (Å²) in [6, 6.07) is 13.5. The maximum Gasteiger partial charge on any atom is 0.269 e. The topological polar surface area (TPSA) is 105 Å². The summed E-state index contributed by atoms with van der Waals surface area (Å²) in [5, 5.41) is 7.46. The fourth-order valence-electron chi connectivity index (χ4n) is 4.56. The molecule has 2 atom stereocenters. The minimum Gasteiger partial charge on any atom is -0.364 e. The van der Waals surface area contributed by atoms with Gasteiger partial charge < -0.3 is 15.5 Å². The third-order valence-electron chi connectivity index (χ3n) is 6.19. The number of nitrogens with one attached hydrogen (secondary N) is 2. The molecule has 4 aromatic rings. The minimum atomic E-state index is -3.83. The molecule has 0 amide bonds. The summed E-state index contributed by atoms with van der Waals surface area (Å²) in [7, 11) is -3.83. The second kappa shape index (κ2) is 9.79. The molecule has 36 heavy (non-hydrogen) atoms. The van der Waals surface area contributed by atoms with Gasteiger partial charge in [-0.2, -0.15) is 0 Å². The van der Waals surface area contributed by atoms with E-state index in [0.29, 0.717) is 40.0 Å². The molecule has 1 aromatic carbocycles. The van der Waals surface area contributed by atoms with E-state index in [1.807, 2.05) is 25.1 Å². The first-order valence-electron chi connectivity index (χ1n) is 11.8. The predicted octanol–water partition coefficient (Wildman–Crippen LogP) is 3.93. The van der Waals surface area contributed by atoms with Crippen molar-refractivity contribution in [1.82, 2.24) is 24.2 Å². The summed E-state index contributed by atoms with van der Waals surface area (Å²) in [6.45, 7) is 8.50. The van der Waals surface area contributed by atoms with Crippen LogP contribution in [0.5, 0.6) is 0 Å². The molecule has 9 nitrogen and oxygen atoms in total. The molecule has 0 spiro atoms. The van der Waals surface area contributed by atoms with E-state index in [0.717, 1.165) is 30.2 Å². The molecule has 1 aliphatic rings. The molecule has 0 aliphatic carbocycles. The number of nitrogens with zero attached hydrogens (tertiary/aromatic N) is 5. The molecule has 0 radical (unpaired) electrons. The fraction of sp³-hybridized carbons (Fsp3) is 0.320. The molecule has 0 unspecified atom stereocenters.